The molecule has 0 aliphatic carbocycles. The number of methoxy groups -OCH3 is 1. The van der Waals surface area contributed by atoms with Crippen LogP contribution in [0.5, 0.6) is 0 Å². The molecule has 0 heterocycles. The molecule has 0 unspecified atom stereocenters. The summed E-state index contributed by atoms with van der Waals surface area (Å²) in [6.45, 7) is 2.11. The van der Waals surface area contributed by atoms with Gasteiger partial charge in [-0.15, -0.1) is 0 Å². The highest BCUT2D eigenvalue weighted by atomic mass is 16.5. The van der Waals surface area contributed by atoms with Gasteiger partial charge in [0.15, 0.2) is 0 Å². The van der Waals surface area contributed by atoms with E-state index in [1.165, 1.54) is 0 Å². The number of Topliss-reactive ketones (excluding diaryl/α,β-unsaturated/α-hetero) is 1. The van der Waals surface area contributed by atoms with Crippen molar-refractivity contribution in [1.82, 2.24) is 0 Å². The summed E-state index contributed by atoms with van der Waals surface area (Å²) in [4.78, 5) is 11.2. The fourth-order valence-corrected chi connectivity index (χ4v) is 1.08. The van der Waals surface area contributed by atoms with Gasteiger partial charge in [-0.05, 0) is 25.3 Å². The van der Waals surface area contributed by atoms with Crippen molar-refractivity contribution < 1.29 is 9.53 Å². The highest BCUT2D eigenvalue weighted by Gasteiger charge is 1.98. The van der Waals surface area contributed by atoms with E-state index in [0.29, 0.717) is 12.2 Å². The molecule has 0 aliphatic rings. The van der Waals surface area contributed by atoms with Crippen LogP contribution in [0.3, 0.4) is 0 Å². The molecule has 0 aromatic heterocycles. The van der Waals surface area contributed by atoms with E-state index in [2.05, 4.69) is 6.92 Å². The minimum atomic E-state index is 0.396. The van der Waals surface area contributed by atoms with Crippen molar-refractivity contribution >= 4 is 5.78 Å². The van der Waals surface area contributed by atoms with Gasteiger partial charge in [0.1, 0.15) is 5.78 Å². The Morgan fingerprint density at radius 1 is 1.31 bits per heavy atom. The van der Waals surface area contributed by atoms with Crippen molar-refractivity contribution in [3.63, 3.8) is 0 Å². The third kappa shape index (κ3) is 9.12. The maximum absolute atomic E-state index is 11.2. The molecule has 0 fully saturated rings. The summed E-state index contributed by atoms with van der Waals surface area (Å²) in [5.74, 6) is 0.396. The largest absolute Gasteiger partial charge is 0.505 e. The molecule has 0 spiro atoms. The Labute approximate surface area is 81.0 Å². The molecule has 13 heavy (non-hydrogen) atoms. The van der Waals surface area contributed by atoms with Gasteiger partial charge in [0.25, 0.3) is 0 Å². The number of unbranched alkanes of at least 4 members (excludes halogenated alkanes) is 2. The Hall–Kier alpha value is -0.790. The summed E-state index contributed by atoms with van der Waals surface area (Å²) in [7, 11) is 1.63. The first-order valence-electron chi connectivity index (χ1n) is 5.00. The Morgan fingerprint density at radius 2 is 2.00 bits per heavy atom. The second-order valence-electron chi connectivity index (χ2n) is 3.14. The second kappa shape index (κ2) is 9.30. The van der Waals surface area contributed by atoms with Gasteiger partial charge in [0, 0.05) is 12.8 Å². The predicted molar refractivity (Wildman–Crippen MR) is 54.5 cm³/mol. The topological polar surface area (TPSA) is 26.3 Å². The number of ether oxygens (including phenoxy) is 1. The number of hydrogen-bond acceptors (Lipinski definition) is 2. The molecule has 0 saturated heterocycles. The van der Waals surface area contributed by atoms with Gasteiger partial charge in [-0.3, -0.25) is 4.79 Å². The maximum atomic E-state index is 11.2. The van der Waals surface area contributed by atoms with Crippen LogP contribution in [0.15, 0.2) is 12.3 Å². The van der Waals surface area contributed by atoms with Crippen LogP contribution in [0.1, 0.15) is 45.4 Å². The molecule has 0 bridgehead atoms. The molecule has 0 atom stereocenters. The second-order valence-corrected chi connectivity index (χ2v) is 3.14. The maximum Gasteiger partial charge on any atom is 0.132 e. The van der Waals surface area contributed by atoms with E-state index < -0.39 is 0 Å². The molecule has 2 heteroatoms. The number of rotatable bonds is 8. The summed E-state index contributed by atoms with van der Waals surface area (Å²) < 4.78 is 4.75. The summed E-state index contributed by atoms with van der Waals surface area (Å²) in [5, 5.41) is 0. The van der Waals surface area contributed by atoms with Gasteiger partial charge in [-0.2, -0.15) is 0 Å². The summed E-state index contributed by atoms with van der Waals surface area (Å²) >= 11 is 0. The molecular formula is C11H20O2. The predicted octanol–water partition coefficient (Wildman–Crippen LogP) is 3.08. The van der Waals surface area contributed by atoms with E-state index in [1.807, 2.05) is 6.08 Å². The molecular weight excluding hydrogens is 164 g/mol. The van der Waals surface area contributed by atoms with Gasteiger partial charge in [-0.25, -0.2) is 0 Å². The van der Waals surface area contributed by atoms with Crippen LogP contribution in [0.2, 0.25) is 0 Å². The minimum absolute atomic E-state index is 0.396. The number of ketones is 1. The fraction of sp³-hybridized carbons (Fsp3) is 0.727. The summed E-state index contributed by atoms with van der Waals surface area (Å²) in [6.07, 6.45) is 9.11. The van der Waals surface area contributed by atoms with Crippen LogP contribution in [0.4, 0.5) is 0 Å². The first kappa shape index (κ1) is 12.2. The van der Waals surface area contributed by atoms with E-state index in [-0.39, 0.29) is 0 Å². The number of carbonyl (C=O) groups excluding carboxylic acids is 1. The minimum Gasteiger partial charge on any atom is -0.505 e. The molecule has 0 rings (SSSR count). The molecule has 0 aromatic carbocycles. The number of hydrogen-bond donors (Lipinski definition) is 0. The molecule has 0 amide bonds. The fourth-order valence-electron chi connectivity index (χ4n) is 1.08. The Kier molecular flexibility index (Phi) is 8.73. The van der Waals surface area contributed by atoms with Crippen molar-refractivity contribution in [2.75, 3.05) is 7.11 Å². The van der Waals surface area contributed by atoms with Gasteiger partial charge in [0.05, 0.1) is 13.4 Å². The zero-order valence-electron chi connectivity index (χ0n) is 8.71. The van der Waals surface area contributed by atoms with Crippen LogP contribution in [0, 0.1) is 0 Å². The van der Waals surface area contributed by atoms with Crippen molar-refractivity contribution in [3.05, 3.63) is 12.3 Å². The molecule has 0 N–H and O–H groups in total. The average molecular weight is 184 g/mol. The zero-order chi connectivity index (χ0) is 9.94. The molecule has 2 nitrogen and oxygen atoms in total. The normalized spacial score (nSPS) is 10.6. The zero-order valence-corrected chi connectivity index (χ0v) is 8.71. The van der Waals surface area contributed by atoms with E-state index in [0.717, 1.165) is 32.1 Å². The van der Waals surface area contributed by atoms with Crippen LogP contribution in [-0.2, 0) is 9.53 Å². The first-order valence-corrected chi connectivity index (χ1v) is 5.00. The molecule has 0 aromatic rings. The van der Waals surface area contributed by atoms with Crippen LogP contribution < -0.4 is 0 Å². The monoisotopic (exact) mass is 184 g/mol. The Bertz CT molecular complexity index is 150. The number of allylic oxidation sites excluding steroid dienone is 1. The van der Waals surface area contributed by atoms with Gasteiger partial charge in [0.2, 0.25) is 0 Å². The highest BCUT2D eigenvalue weighted by molar-refractivity contribution is 5.78. The molecule has 0 radical (unpaired) electrons. The van der Waals surface area contributed by atoms with Crippen molar-refractivity contribution in [2.24, 2.45) is 0 Å². The smallest absolute Gasteiger partial charge is 0.132 e. The number of carbonyl (C=O) groups is 1. The van der Waals surface area contributed by atoms with Crippen LogP contribution in [0.25, 0.3) is 0 Å². The Balaban J connectivity index is 3.21. The standard InChI is InChI=1S/C11H20O2/c1-3-4-8-11(12)9-6-5-7-10-13-2/h7,10H,3-6,8-9H2,1-2H3/b10-7+. The lowest BCUT2D eigenvalue weighted by Crippen LogP contribution is -1.96. The van der Waals surface area contributed by atoms with Crippen molar-refractivity contribution in [1.29, 1.82) is 0 Å². The SMILES string of the molecule is CCCCC(=O)CCC/C=C/OC. The third-order valence-corrected chi connectivity index (χ3v) is 1.87. The Morgan fingerprint density at radius 3 is 2.62 bits per heavy atom. The van der Waals surface area contributed by atoms with Crippen LogP contribution >= 0.6 is 0 Å². The van der Waals surface area contributed by atoms with E-state index in [1.54, 1.807) is 13.4 Å². The highest BCUT2D eigenvalue weighted by Crippen LogP contribution is 2.03. The first-order chi connectivity index (χ1) is 6.31. The lowest BCUT2D eigenvalue weighted by molar-refractivity contribution is -0.119. The van der Waals surface area contributed by atoms with Gasteiger partial charge in [-0.1, -0.05) is 13.3 Å². The lowest BCUT2D eigenvalue weighted by atomic mass is 10.1. The molecule has 0 aliphatic heterocycles. The molecule has 76 valence electrons. The van der Waals surface area contributed by atoms with Crippen molar-refractivity contribution in [2.45, 2.75) is 45.4 Å². The summed E-state index contributed by atoms with van der Waals surface area (Å²) in [6, 6.07) is 0. The van der Waals surface area contributed by atoms with Crippen molar-refractivity contribution in [3.8, 4) is 0 Å². The van der Waals surface area contributed by atoms with Crippen LogP contribution in [-0.4, -0.2) is 12.9 Å². The van der Waals surface area contributed by atoms with E-state index in [9.17, 15) is 4.79 Å². The quantitative estimate of drug-likeness (QED) is 0.428. The average Bonchev–Trinajstić information content (AvgIpc) is 2.14. The van der Waals surface area contributed by atoms with Gasteiger partial charge >= 0.3 is 0 Å². The van der Waals surface area contributed by atoms with E-state index >= 15 is 0 Å². The summed E-state index contributed by atoms with van der Waals surface area (Å²) in [5.41, 5.74) is 0. The van der Waals surface area contributed by atoms with E-state index in [4.69, 9.17) is 4.74 Å². The van der Waals surface area contributed by atoms with Gasteiger partial charge < -0.3 is 4.74 Å². The third-order valence-electron chi connectivity index (χ3n) is 1.87. The molecule has 0 saturated carbocycles. The lowest BCUT2D eigenvalue weighted by Gasteiger charge is -1.97.